The Kier molecular flexibility index (Phi) is 5.63. The normalized spacial score (nSPS) is 11.9. The minimum Gasteiger partial charge on any atom is -0.325 e. The molecule has 29 heavy (non-hydrogen) atoms. The Hall–Kier alpha value is -2.91. The number of hydrogen-bond acceptors (Lipinski definition) is 4. The number of nitrogens with one attached hydrogen (secondary N) is 1. The van der Waals surface area contributed by atoms with E-state index in [1.54, 1.807) is 33.2 Å². The molecule has 154 valence electrons. The van der Waals surface area contributed by atoms with Crippen molar-refractivity contribution in [3.63, 3.8) is 0 Å². The summed E-state index contributed by atoms with van der Waals surface area (Å²) in [5, 5.41) is 2.73. The van der Waals surface area contributed by atoms with E-state index in [0.29, 0.717) is 16.7 Å². The Balaban J connectivity index is 1.88. The van der Waals surface area contributed by atoms with Crippen LogP contribution in [-0.2, 0) is 28.9 Å². The fourth-order valence-corrected chi connectivity index (χ4v) is 4.67. The van der Waals surface area contributed by atoms with E-state index in [4.69, 9.17) is 0 Å². The predicted octanol–water partition coefficient (Wildman–Crippen LogP) is 1.83. The highest BCUT2D eigenvalue weighted by Gasteiger charge is 2.26. The zero-order valence-corrected chi connectivity index (χ0v) is 17.7. The SMILES string of the molecule is CCN(CC(=O)Nc1cccc(C)c1)S(=O)(=O)c1ccc2c(c1)n(C)c(=O)n2C. The lowest BCUT2D eigenvalue weighted by Crippen LogP contribution is -2.37. The van der Waals surface area contributed by atoms with Crippen molar-refractivity contribution >= 4 is 32.7 Å². The first-order valence-electron chi connectivity index (χ1n) is 9.17. The van der Waals surface area contributed by atoms with Crippen molar-refractivity contribution in [2.24, 2.45) is 14.1 Å². The van der Waals surface area contributed by atoms with Gasteiger partial charge in [-0.05, 0) is 42.8 Å². The van der Waals surface area contributed by atoms with Gasteiger partial charge in [-0.3, -0.25) is 13.9 Å². The molecule has 0 spiro atoms. The second-order valence-electron chi connectivity index (χ2n) is 6.90. The minimum absolute atomic E-state index is 0.0383. The van der Waals surface area contributed by atoms with Crippen molar-refractivity contribution in [1.29, 1.82) is 0 Å². The van der Waals surface area contributed by atoms with Gasteiger partial charge >= 0.3 is 5.69 Å². The summed E-state index contributed by atoms with van der Waals surface area (Å²) >= 11 is 0. The molecule has 1 heterocycles. The summed E-state index contributed by atoms with van der Waals surface area (Å²) < 4.78 is 30.2. The second-order valence-corrected chi connectivity index (χ2v) is 8.84. The maximum atomic E-state index is 13.1. The summed E-state index contributed by atoms with van der Waals surface area (Å²) in [6.07, 6.45) is 0. The van der Waals surface area contributed by atoms with Gasteiger partial charge in [0.1, 0.15) is 0 Å². The van der Waals surface area contributed by atoms with E-state index in [1.165, 1.54) is 21.3 Å². The van der Waals surface area contributed by atoms with Crippen LogP contribution in [0.4, 0.5) is 5.69 Å². The van der Waals surface area contributed by atoms with Gasteiger partial charge in [0, 0.05) is 26.3 Å². The van der Waals surface area contributed by atoms with Crippen LogP contribution in [0.25, 0.3) is 11.0 Å². The summed E-state index contributed by atoms with van der Waals surface area (Å²) in [7, 11) is -0.688. The number of rotatable bonds is 6. The second kappa shape index (κ2) is 7.84. The van der Waals surface area contributed by atoms with Crippen LogP contribution in [0.1, 0.15) is 12.5 Å². The van der Waals surface area contributed by atoms with Gasteiger partial charge in [-0.15, -0.1) is 0 Å². The number of carbonyl (C=O) groups excluding carboxylic acids is 1. The van der Waals surface area contributed by atoms with Crippen molar-refractivity contribution in [1.82, 2.24) is 13.4 Å². The summed E-state index contributed by atoms with van der Waals surface area (Å²) in [5.74, 6) is -0.422. The molecule has 0 radical (unpaired) electrons. The van der Waals surface area contributed by atoms with Crippen molar-refractivity contribution < 1.29 is 13.2 Å². The summed E-state index contributed by atoms with van der Waals surface area (Å²) in [4.78, 5) is 24.6. The number of aryl methyl sites for hydroxylation is 3. The minimum atomic E-state index is -3.91. The summed E-state index contributed by atoms with van der Waals surface area (Å²) in [6, 6.07) is 11.8. The number of imidazole rings is 1. The number of carbonyl (C=O) groups is 1. The molecule has 1 N–H and O–H groups in total. The summed E-state index contributed by atoms with van der Waals surface area (Å²) in [6.45, 7) is 3.41. The lowest BCUT2D eigenvalue weighted by atomic mass is 10.2. The number of amides is 1. The number of fused-ring (bicyclic) bond motifs is 1. The van der Waals surface area contributed by atoms with E-state index in [-0.39, 0.29) is 23.7 Å². The first-order chi connectivity index (χ1) is 13.6. The molecule has 8 nitrogen and oxygen atoms in total. The molecule has 9 heteroatoms. The predicted molar refractivity (Wildman–Crippen MR) is 112 cm³/mol. The van der Waals surface area contributed by atoms with Gasteiger partial charge in [-0.1, -0.05) is 19.1 Å². The van der Waals surface area contributed by atoms with E-state index in [2.05, 4.69) is 5.32 Å². The van der Waals surface area contributed by atoms with Crippen molar-refractivity contribution in [3.05, 3.63) is 58.5 Å². The van der Waals surface area contributed by atoms with Gasteiger partial charge in [0.05, 0.1) is 22.5 Å². The monoisotopic (exact) mass is 416 g/mol. The quantitative estimate of drug-likeness (QED) is 0.663. The first kappa shape index (κ1) is 20.8. The van der Waals surface area contributed by atoms with Crippen molar-refractivity contribution in [2.75, 3.05) is 18.4 Å². The van der Waals surface area contributed by atoms with Gasteiger partial charge in [0.25, 0.3) is 0 Å². The Morgan fingerprint density at radius 1 is 1.07 bits per heavy atom. The first-order valence-corrected chi connectivity index (χ1v) is 10.6. The molecular weight excluding hydrogens is 392 g/mol. The van der Waals surface area contributed by atoms with Crippen LogP contribution in [0.5, 0.6) is 0 Å². The van der Waals surface area contributed by atoms with Crippen LogP contribution >= 0.6 is 0 Å². The molecule has 0 bridgehead atoms. The third-order valence-corrected chi connectivity index (χ3v) is 6.77. The molecule has 0 aliphatic heterocycles. The number of aromatic nitrogens is 2. The van der Waals surface area contributed by atoms with Crippen LogP contribution < -0.4 is 11.0 Å². The lowest BCUT2D eigenvalue weighted by molar-refractivity contribution is -0.116. The van der Waals surface area contributed by atoms with Crippen molar-refractivity contribution in [2.45, 2.75) is 18.7 Å². The molecule has 0 saturated carbocycles. The lowest BCUT2D eigenvalue weighted by Gasteiger charge is -2.20. The van der Waals surface area contributed by atoms with E-state index in [0.717, 1.165) is 9.87 Å². The maximum absolute atomic E-state index is 13.1. The largest absolute Gasteiger partial charge is 0.328 e. The molecule has 0 aliphatic carbocycles. The van der Waals surface area contributed by atoms with Crippen molar-refractivity contribution in [3.8, 4) is 0 Å². The highest BCUT2D eigenvalue weighted by molar-refractivity contribution is 7.89. The Bertz CT molecular complexity index is 1240. The zero-order chi connectivity index (χ0) is 21.3. The number of benzene rings is 2. The fraction of sp³-hybridized carbons (Fsp3) is 0.300. The van der Waals surface area contributed by atoms with Gasteiger partial charge in [0.15, 0.2) is 0 Å². The molecule has 0 fully saturated rings. The third kappa shape index (κ3) is 3.96. The molecule has 2 aromatic carbocycles. The highest BCUT2D eigenvalue weighted by atomic mass is 32.2. The van der Waals surface area contributed by atoms with E-state index in [9.17, 15) is 18.0 Å². The number of hydrogen-bond donors (Lipinski definition) is 1. The van der Waals surface area contributed by atoms with Crippen LogP contribution in [-0.4, -0.2) is 40.9 Å². The molecule has 3 aromatic rings. The maximum Gasteiger partial charge on any atom is 0.328 e. The number of likely N-dealkylation sites (N-methyl/N-ethyl adjacent to an activating group) is 1. The molecule has 0 atom stereocenters. The van der Waals surface area contributed by atoms with Gasteiger partial charge in [0.2, 0.25) is 15.9 Å². The average Bonchev–Trinajstić information content (AvgIpc) is 2.90. The van der Waals surface area contributed by atoms with E-state index < -0.39 is 15.9 Å². The van der Waals surface area contributed by atoms with E-state index in [1.807, 2.05) is 25.1 Å². The average molecular weight is 417 g/mol. The van der Waals surface area contributed by atoms with Gasteiger partial charge in [-0.2, -0.15) is 4.31 Å². The van der Waals surface area contributed by atoms with Crippen LogP contribution in [0.2, 0.25) is 0 Å². The third-order valence-electron chi connectivity index (χ3n) is 4.86. The molecule has 3 rings (SSSR count). The zero-order valence-electron chi connectivity index (χ0n) is 16.8. The molecule has 1 aromatic heterocycles. The number of sulfonamides is 1. The number of nitrogens with zero attached hydrogens (tertiary/aromatic N) is 3. The summed E-state index contributed by atoms with van der Waals surface area (Å²) in [5.41, 5.74) is 2.52. The molecule has 0 aliphatic rings. The fourth-order valence-electron chi connectivity index (χ4n) is 3.25. The standard InChI is InChI=1S/C20H24N4O4S/c1-5-24(13-19(25)21-15-8-6-7-14(2)11-15)29(27,28)16-9-10-17-18(12-16)23(4)20(26)22(17)3/h6-12H,5,13H2,1-4H3,(H,21,25). The van der Waals surface area contributed by atoms with Crippen LogP contribution in [0, 0.1) is 6.92 Å². The Labute approximate surface area is 169 Å². The Morgan fingerprint density at radius 2 is 1.76 bits per heavy atom. The molecule has 1 amide bonds. The molecular formula is C20H24N4O4S. The van der Waals surface area contributed by atoms with Gasteiger partial charge in [-0.25, -0.2) is 13.2 Å². The van der Waals surface area contributed by atoms with Crippen LogP contribution in [0.3, 0.4) is 0 Å². The van der Waals surface area contributed by atoms with E-state index >= 15 is 0 Å². The number of anilines is 1. The highest BCUT2D eigenvalue weighted by Crippen LogP contribution is 2.21. The Morgan fingerprint density at radius 3 is 2.41 bits per heavy atom. The molecule has 0 unspecified atom stereocenters. The topological polar surface area (TPSA) is 93.4 Å². The van der Waals surface area contributed by atoms with Crippen LogP contribution in [0.15, 0.2) is 52.2 Å². The smallest absolute Gasteiger partial charge is 0.325 e. The molecule has 0 saturated heterocycles. The van der Waals surface area contributed by atoms with Gasteiger partial charge < -0.3 is 5.32 Å².